The summed E-state index contributed by atoms with van der Waals surface area (Å²) in [5.74, 6) is 0.211. The number of amides is 1. The zero-order chi connectivity index (χ0) is 20.8. The highest BCUT2D eigenvalue weighted by Gasteiger charge is 2.46. The van der Waals surface area contributed by atoms with Crippen molar-refractivity contribution < 1.29 is 26.0 Å². The van der Waals surface area contributed by atoms with Crippen molar-refractivity contribution in [1.29, 1.82) is 0 Å². The van der Waals surface area contributed by atoms with Gasteiger partial charge in [-0.25, -0.2) is 0 Å². The normalized spacial score (nSPS) is 19.4. The summed E-state index contributed by atoms with van der Waals surface area (Å²) in [5, 5.41) is 0. The van der Waals surface area contributed by atoms with Crippen LogP contribution in [0.1, 0.15) is 35.2 Å². The fourth-order valence-corrected chi connectivity index (χ4v) is 3.91. The van der Waals surface area contributed by atoms with E-state index in [0.29, 0.717) is 22.6 Å². The minimum Gasteiger partial charge on any atom is -0.496 e. The zero-order valence-electron chi connectivity index (χ0n) is 16.3. The number of β-lactam (4-membered cyclic amide) rings is 1. The lowest BCUT2D eigenvalue weighted by Gasteiger charge is -2.46. The van der Waals surface area contributed by atoms with Gasteiger partial charge in [-0.1, -0.05) is 22.9 Å². The summed E-state index contributed by atoms with van der Waals surface area (Å²) in [4.78, 5) is 14.3. The Hall–Kier alpha value is -2.61. The van der Waals surface area contributed by atoms with Crippen molar-refractivity contribution in [3.8, 4) is 11.5 Å². The third-order valence-corrected chi connectivity index (χ3v) is 5.60. The summed E-state index contributed by atoms with van der Waals surface area (Å²) in [6.45, 7) is 7.30. The quantitative estimate of drug-likeness (QED) is 0.555. The zero-order valence-corrected chi connectivity index (χ0v) is 17.1. The van der Waals surface area contributed by atoms with Crippen molar-refractivity contribution >= 4 is 22.1 Å². The van der Waals surface area contributed by atoms with Crippen molar-refractivity contribution in [3.63, 3.8) is 0 Å². The summed E-state index contributed by atoms with van der Waals surface area (Å²) >= 11 is 0. The van der Waals surface area contributed by atoms with Crippen molar-refractivity contribution in [2.45, 2.75) is 33.7 Å². The number of hydrogen-bond donors (Lipinski definition) is 0. The molecule has 0 N–H and O–H groups in total. The molecule has 8 heteroatoms. The van der Waals surface area contributed by atoms with Gasteiger partial charge in [-0.15, -0.1) is 0 Å². The Bertz CT molecular complexity index is 1050. The molecule has 150 valence electrons. The molecule has 0 spiro atoms. The van der Waals surface area contributed by atoms with Gasteiger partial charge < -0.3 is 13.8 Å². The van der Waals surface area contributed by atoms with Crippen molar-refractivity contribution in [2.75, 3.05) is 12.0 Å². The fraction of sp³-hybridized carbons (Fsp3) is 0.350. The van der Waals surface area contributed by atoms with Crippen LogP contribution in [0.3, 0.4) is 0 Å². The molecular formula is C20H22FNO5S. The first kappa shape index (κ1) is 20.1. The molecule has 1 heterocycles. The summed E-state index contributed by atoms with van der Waals surface area (Å²) in [6, 6.07) is 8.27. The maximum Gasteiger partial charge on any atom is 0.488 e. The number of halogens is 1. The van der Waals surface area contributed by atoms with Gasteiger partial charge in [0.25, 0.3) is 0 Å². The van der Waals surface area contributed by atoms with E-state index in [1.807, 2.05) is 19.9 Å². The number of anilines is 1. The number of aryl methyl sites for hydroxylation is 2. The number of nitrogens with zero attached hydrogens (tertiary/aromatic N) is 1. The molecule has 0 aliphatic carbocycles. The lowest BCUT2D eigenvalue weighted by Crippen LogP contribution is -2.54. The monoisotopic (exact) mass is 407 g/mol. The Kier molecular flexibility index (Phi) is 5.10. The Morgan fingerprint density at radius 3 is 2.32 bits per heavy atom. The van der Waals surface area contributed by atoms with Gasteiger partial charge >= 0.3 is 10.5 Å². The first-order chi connectivity index (χ1) is 13.0. The predicted molar refractivity (Wildman–Crippen MR) is 104 cm³/mol. The molecule has 0 aromatic heterocycles. The average molecular weight is 407 g/mol. The van der Waals surface area contributed by atoms with Crippen LogP contribution < -0.4 is 13.8 Å². The third-order valence-electron chi connectivity index (χ3n) is 5.22. The van der Waals surface area contributed by atoms with Crippen LogP contribution in [0.5, 0.6) is 11.5 Å². The molecule has 0 radical (unpaired) electrons. The van der Waals surface area contributed by atoms with Crippen molar-refractivity contribution in [3.05, 3.63) is 52.6 Å². The van der Waals surface area contributed by atoms with E-state index in [9.17, 15) is 17.1 Å². The molecule has 2 aromatic carbocycles. The standard InChI is InChI=1S/C20H22FNO5S/c1-11-6-7-15(9-17(11)27-28(21,24)25)19-14(4)20(23)22(19)16-8-12(2)13(3)18(10-16)26-5/h6-10,14,19H,1-5H3/t14-,19-/m1/s1. The molecule has 0 unspecified atom stereocenters. The molecule has 2 atom stereocenters. The lowest BCUT2D eigenvalue weighted by molar-refractivity contribution is -0.129. The number of rotatable bonds is 5. The SMILES string of the molecule is COc1cc(N2C(=O)[C@H](C)[C@@H]2c2ccc(C)c(OS(=O)(=O)F)c2)cc(C)c1C. The molecule has 6 nitrogen and oxygen atoms in total. The second-order valence-corrected chi connectivity index (χ2v) is 7.99. The lowest BCUT2D eigenvalue weighted by atomic mass is 9.82. The predicted octanol–water partition coefficient (Wildman–Crippen LogP) is 3.94. The summed E-state index contributed by atoms with van der Waals surface area (Å²) < 4.78 is 44.6. The number of carbonyl (C=O) groups is 1. The van der Waals surface area contributed by atoms with Gasteiger partial charge in [-0.3, -0.25) is 4.79 Å². The van der Waals surface area contributed by atoms with Gasteiger partial charge in [0, 0.05) is 11.8 Å². The van der Waals surface area contributed by atoms with E-state index in [1.165, 1.54) is 6.07 Å². The van der Waals surface area contributed by atoms with Crippen LogP contribution in [0.15, 0.2) is 30.3 Å². The summed E-state index contributed by atoms with van der Waals surface area (Å²) in [6.07, 6.45) is 0. The molecule has 1 aliphatic heterocycles. The number of ether oxygens (including phenoxy) is 1. The Balaban J connectivity index is 2.04. The van der Waals surface area contributed by atoms with Crippen LogP contribution in [0.4, 0.5) is 9.57 Å². The van der Waals surface area contributed by atoms with E-state index < -0.39 is 10.5 Å². The van der Waals surface area contributed by atoms with Gasteiger partial charge in [0.1, 0.15) is 11.5 Å². The molecule has 0 bridgehead atoms. The van der Waals surface area contributed by atoms with Crippen molar-refractivity contribution in [2.24, 2.45) is 5.92 Å². The maximum absolute atomic E-state index is 13.0. The van der Waals surface area contributed by atoms with Crippen LogP contribution in [-0.2, 0) is 15.3 Å². The van der Waals surface area contributed by atoms with E-state index in [2.05, 4.69) is 4.18 Å². The Morgan fingerprint density at radius 1 is 1.04 bits per heavy atom. The van der Waals surface area contributed by atoms with Gasteiger partial charge in [-0.05, 0) is 55.2 Å². The largest absolute Gasteiger partial charge is 0.496 e. The van der Waals surface area contributed by atoms with Crippen LogP contribution >= 0.6 is 0 Å². The summed E-state index contributed by atoms with van der Waals surface area (Å²) in [5.41, 5.74) is 3.80. The van der Waals surface area contributed by atoms with Crippen LogP contribution in [0.25, 0.3) is 0 Å². The van der Waals surface area contributed by atoms with Crippen LogP contribution in [-0.4, -0.2) is 21.4 Å². The van der Waals surface area contributed by atoms with E-state index in [4.69, 9.17) is 4.74 Å². The first-order valence-corrected chi connectivity index (χ1v) is 10.1. The van der Waals surface area contributed by atoms with Gasteiger partial charge in [0.15, 0.2) is 0 Å². The highest BCUT2D eigenvalue weighted by atomic mass is 32.3. The number of benzene rings is 2. The topological polar surface area (TPSA) is 72.9 Å². The molecule has 3 rings (SSSR count). The number of methoxy groups -OCH3 is 1. The molecule has 0 saturated carbocycles. The molecule has 1 amide bonds. The van der Waals surface area contributed by atoms with Crippen molar-refractivity contribution in [1.82, 2.24) is 0 Å². The maximum atomic E-state index is 13.0. The van der Waals surface area contributed by atoms with E-state index in [0.717, 1.165) is 11.1 Å². The average Bonchev–Trinajstić information content (AvgIpc) is 2.62. The fourth-order valence-electron chi connectivity index (χ4n) is 3.52. The van der Waals surface area contributed by atoms with Crippen LogP contribution in [0.2, 0.25) is 0 Å². The second-order valence-electron chi connectivity index (χ2n) is 7.03. The minimum absolute atomic E-state index is 0.0588. The van der Waals surface area contributed by atoms with Gasteiger partial charge in [-0.2, -0.15) is 8.42 Å². The Morgan fingerprint density at radius 2 is 1.71 bits per heavy atom. The molecule has 2 aromatic rings. The number of carbonyl (C=O) groups excluding carboxylic acids is 1. The smallest absolute Gasteiger partial charge is 0.488 e. The molecule has 28 heavy (non-hydrogen) atoms. The minimum atomic E-state index is -5.14. The molecule has 1 saturated heterocycles. The van der Waals surface area contributed by atoms with E-state index >= 15 is 0 Å². The van der Waals surface area contributed by atoms with E-state index in [1.54, 1.807) is 44.1 Å². The van der Waals surface area contributed by atoms with Gasteiger partial charge in [0.2, 0.25) is 5.91 Å². The highest BCUT2D eigenvalue weighted by Crippen LogP contribution is 2.45. The first-order valence-electron chi connectivity index (χ1n) is 8.76. The summed E-state index contributed by atoms with van der Waals surface area (Å²) in [7, 11) is -3.56. The molecule has 1 aliphatic rings. The third kappa shape index (κ3) is 3.56. The number of hydrogen-bond acceptors (Lipinski definition) is 5. The molecule has 1 fully saturated rings. The van der Waals surface area contributed by atoms with Gasteiger partial charge in [0.05, 0.1) is 19.1 Å². The Labute approximate surface area is 164 Å². The van der Waals surface area contributed by atoms with E-state index in [-0.39, 0.29) is 23.6 Å². The second kappa shape index (κ2) is 7.09. The highest BCUT2D eigenvalue weighted by molar-refractivity contribution is 7.81. The van der Waals surface area contributed by atoms with Crippen LogP contribution in [0, 0.1) is 26.7 Å². The molecular weight excluding hydrogens is 385 g/mol.